The minimum absolute atomic E-state index is 0.0238. The Balaban J connectivity index is 2.46. The molecule has 2 rings (SSSR count). The van der Waals surface area contributed by atoms with Gasteiger partial charge < -0.3 is 10.5 Å². The van der Waals surface area contributed by atoms with E-state index in [1.54, 1.807) is 13.8 Å². The second-order valence-corrected chi connectivity index (χ2v) is 6.08. The van der Waals surface area contributed by atoms with Crippen molar-refractivity contribution in [2.75, 3.05) is 12.3 Å². The molecule has 1 aromatic heterocycles. The van der Waals surface area contributed by atoms with Crippen LogP contribution in [0, 0.1) is 6.92 Å². The number of carbonyl (C=O) groups excluding carboxylic acids is 1. The SMILES string of the molecule is CCOC(=O)c1c(C)nn(-c2ccc(S(N)(=O)=O)cc2)c1N. The van der Waals surface area contributed by atoms with Gasteiger partial charge in [0.15, 0.2) is 0 Å². The van der Waals surface area contributed by atoms with Crippen LogP contribution < -0.4 is 10.9 Å². The lowest BCUT2D eigenvalue weighted by Crippen LogP contribution is -2.12. The first-order chi connectivity index (χ1) is 10.3. The molecule has 0 saturated heterocycles. The Morgan fingerprint density at radius 1 is 1.32 bits per heavy atom. The third-order valence-corrected chi connectivity index (χ3v) is 3.91. The molecule has 9 heteroatoms. The van der Waals surface area contributed by atoms with Gasteiger partial charge in [-0.3, -0.25) is 0 Å². The fourth-order valence-electron chi connectivity index (χ4n) is 1.97. The van der Waals surface area contributed by atoms with E-state index in [0.717, 1.165) is 0 Å². The van der Waals surface area contributed by atoms with Gasteiger partial charge in [-0.2, -0.15) is 5.10 Å². The number of sulfonamides is 1. The molecule has 1 heterocycles. The molecule has 22 heavy (non-hydrogen) atoms. The molecular formula is C13H16N4O4S. The van der Waals surface area contributed by atoms with Crippen molar-refractivity contribution in [1.29, 1.82) is 0 Å². The van der Waals surface area contributed by atoms with Crippen LogP contribution in [0.15, 0.2) is 29.2 Å². The van der Waals surface area contributed by atoms with Crippen molar-refractivity contribution in [3.8, 4) is 5.69 Å². The molecule has 0 aliphatic heterocycles. The predicted molar refractivity (Wildman–Crippen MR) is 80.0 cm³/mol. The van der Waals surface area contributed by atoms with Gasteiger partial charge in [0.1, 0.15) is 11.4 Å². The van der Waals surface area contributed by atoms with Crippen molar-refractivity contribution < 1.29 is 17.9 Å². The average molecular weight is 324 g/mol. The molecule has 8 nitrogen and oxygen atoms in total. The Morgan fingerprint density at radius 2 is 1.91 bits per heavy atom. The van der Waals surface area contributed by atoms with E-state index in [9.17, 15) is 13.2 Å². The number of nitrogens with two attached hydrogens (primary N) is 2. The van der Waals surface area contributed by atoms with Gasteiger partial charge in [0.25, 0.3) is 0 Å². The van der Waals surface area contributed by atoms with Crippen molar-refractivity contribution in [3.63, 3.8) is 0 Å². The number of rotatable bonds is 4. The summed E-state index contributed by atoms with van der Waals surface area (Å²) in [4.78, 5) is 11.8. The first kappa shape index (κ1) is 16.0. The summed E-state index contributed by atoms with van der Waals surface area (Å²) in [6, 6.07) is 5.67. The van der Waals surface area contributed by atoms with Crippen LogP contribution in [0.2, 0.25) is 0 Å². The summed E-state index contributed by atoms with van der Waals surface area (Å²) in [5, 5.41) is 9.23. The molecule has 118 valence electrons. The molecule has 0 aliphatic carbocycles. The standard InChI is InChI=1S/C13H16N4O4S/c1-3-21-13(18)11-8(2)16-17(12(11)14)9-4-6-10(7-5-9)22(15,19)20/h4-7H,3,14H2,1-2H3,(H2,15,19,20). The molecule has 1 aromatic carbocycles. The van der Waals surface area contributed by atoms with Gasteiger partial charge in [0, 0.05) is 0 Å². The van der Waals surface area contributed by atoms with Crippen LogP contribution in [0.25, 0.3) is 5.69 Å². The number of hydrogen-bond acceptors (Lipinski definition) is 6. The lowest BCUT2D eigenvalue weighted by molar-refractivity contribution is 0.0527. The molecule has 0 unspecified atom stereocenters. The second kappa shape index (κ2) is 5.78. The van der Waals surface area contributed by atoms with Crippen molar-refractivity contribution in [2.24, 2.45) is 5.14 Å². The van der Waals surface area contributed by atoms with Gasteiger partial charge in [-0.15, -0.1) is 0 Å². The first-order valence-electron chi connectivity index (χ1n) is 6.41. The zero-order valence-corrected chi connectivity index (χ0v) is 12.9. The summed E-state index contributed by atoms with van der Waals surface area (Å²) in [5.41, 5.74) is 7.07. The molecule has 0 radical (unpaired) electrons. The molecule has 0 bridgehead atoms. The predicted octanol–water partition coefficient (Wildman–Crippen LogP) is 0.587. The molecule has 0 aliphatic rings. The summed E-state index contributed by atoms with van der Waals surface area (Å²) in [7, 11) is -3.77. The number of benzene rings is 1. The van der Waals surface area contributed by atoms with Gasteiger partial charge in [0.05, 0.1) is 22.9 Å². The van der Waals surface area contributed by atoms with E-state index in [-0.39, 0.29) is 22.9 Å². The Labute approximate surface area is 127 Å². The summed E-state index contributed by atoms with van der Waals surface area (Å²) in [6.07, 6.45) is 0. The van der Waals surface area contributed by atoms with Crippen molar-refractivity contribution in [3.05, 3.63) is 35.5 Å². The maximum absolute atomic E-state index is 11.9. The number of carbonyl (C=O) groups is 1. The van der Waals surface area contributed by atoms with Gasteiger partial charge in [-0.25, -0.2) is 23.0 Å². The second-order valence-electron chi connectivity index (χ2n) is 4.52. The summed E-state index contributed by atoms with van der Waals surface area (Å²) >= 11 is 0. The van der Waals surface area contributed by atoms with E-state index in [1.165, 1.54) is 28.9 Å². The monoisotopic (exact) mass is 324 g/mol. The third kappa shape index (κ3) is 2.95. The van der Waals surface area contributed by atoms with Crippen LogP contribution in [0.1, 0.15) is 23.0 Å². The quantitative estimate of drug-likeness (QED) is 0.791. The van der Waals surface area contributed by atoms with E-state index < -0.39 is 16.0 Å². The van der Waals surface area contributed by atoms with Crippen LogP contribution in [0.4, 0.5) is 5.82 Å². The Kier molecular flexibility index (Phi) is 4.20. The minimum atomic E-state index is -3.77. The number of nitrogen functional groups attached to an aromatic ring is 1. The molecule has 4 N–H and O–H groups in total. The number of aryl methyl sites for hydroxylation is 1. The number of esters is 1. The molecule has 0 fully saturated rings. The highest BCUT2D eigenvalue weighted by Gasteiger charge is 2.21. The van der Waals surface area contributed by atoms with Crippen LogP contribution >= 0.6 is 0 Å². The number of nitrogens with zero attached hydrogens (tertiary/aromatic N) is 2. The maximum Gasteiger partial charge on any atom is 0.343 e. The van der Waals surface area contributed by atoms with Crippen molar-refractivity contribution >= 4 is 21.8 Å². The van der Waals surface area contributed by atoms with Gasteiger partial charge in [-0.1, -0.05) is 0 Å². The van der Waals surface area contributed by atoms with Gasteiger partial charge >= 0.3 is 5.97 Å². The third-order valence-electron chi connectivity index (χ3n) is 2.99. The van der Waals surface area contributed by atoms with E-state index in [0.29, 0.717) is 11.4 Å². The number of ether oxygens (including phenoxy) is 1. The number of primary sulfonamides is 1. The van der Waals surface area contributed by atoms with Crippen molar-refractivity contribution in [2.45, 2.75) is 18.7 Å². The van der Waals surface area contributed by atoms with Crippen LogP contribution in [0.3, 0.4) is 0 Å². The zero-order valence-electron chi connectivity index (χ0n) is 12.1. The molecular weight excluding hydrogens is 308 g/mol. The normalized spacial score (nSPS) is 11.4. The fourth-order valence-corrected chi connectivity index (χ4v) is 2.49. The summed E-state index contributed by atoms with van der Waals surface area (Å²) in [5.74, 6) is -0.427. The molecule has 0 saturated carbocycles. The molecule has 0 atom stereocenters. The molecule has 2 aromatic rings. The summed E-state index contributed by atoms with van der Waals surface area (Å²) < 4.78 is 28.7. The Bertz CT molecular complexity index is 809. The van der Waals surface area contributed by atoms with Crippen LogP contribution in [-0.2, 0) is 14.8 Å². The fraction of sp³-hybridized carbons (Fsp3) is 0.231. The largest absolute Gasteiger partial charge is 0.462 e. The highest BCUT2D eigenvalue weighted by atomic mass is 32.2. The topological polar surface area (TPSA) is 130 Å². The average Bonchev–Trinajstić information content (AvgIpc) is 2.73. The lowest BCUT2D eigenvalue weighted by atomic mass is 10.2. The highest BCUT2D eigenvalue weighted by Crippen LogP contribution is 2.22. The number of anilines is 1. The van der Waals surface area contributed by atoms with E-state index >= 15 is 0 Å². The van der Waals surface area contributed by atoms with E-state index in [4.69, 9.17) is 15.6 Å². The Morgan fingerprint density at radius 3 is 2.41 bits per heavy atom. The zero-order chi connectivity index (χ0) is 16.5. The smallest absolute Gasteiger partial charge is 0.343 e. The van der Waals surface area contributed by atoms with Crippen LogP contribution in [0.5, 0.6) is 0 Å². The van der Waals surface area contributed by atoms with E-state index in [2.05, 4.69) is 5.10 Å². The number of hydrogen-bond donors (Lipinski definition) is 2. The number of aromatic nitrogens is 2. The molecule has 0 amide bonds. The van der Waals surface area contributed by atoms with Crippen LogP contribution in [-0.4, -0.2) is 30.8 Å². The minimum Gasteiger partial charge on any atom is -0.462 e. The lowest BCUT2D eigenvalue weighted by Gasteiger charge is -2.06. The maximum atomic E-state index is 11.9. The van der Waals surface area contributed by atoms with Gasteiger partial charge in [-0.05, 0) is 38.1 Å². The summed E-state index contributed by atoms with van der Waals surface area (Å²) in [6.45, 7) is 3.56. The van der Waals surface area contributed by atoms with E-state index in [1.807, 2.05) is 0 Å². The Hall–Kier alpha value is -2.39. The van der Waals surface area contributed by atoms with Crippen molar-refractivity contribution in [1.82, 2.24) is 9.78 Å². The highest BCUT2D eigenvalue weighted by molar-refractivity contribution is 7.89. The molecule has 0 spiro atoms. The van der Waals surface area contributed by atoms with Gasteiger partial charge in [0.2, 0.25) is 10.0 Å². The first-order valence-corrected chi connectivity index (χ1v) is 7.95.